The summed E-state index contributed by atoms with van der Waals surface area (Å²) in [6.45, 7) is 4.87. The van der Waals surface area contributed by atoms with E-state index in [1.807, 2.05) is 24.8 Å². The normalized spacial score (nSPS) is 17.9. The van der Waals surface area contributed by atoms with Crippen molar-refractivity contribution in [3.05, 3.63) is 35.4 Å². The molecule has 3 nitrogen and oxygen atoms in total. The second-order valence-electron chi connectivity index (χ2n) is 5.85. The SMILES string of the molecule is CC(C)N(CCCO)C(=O)C1CCCc2ccccc21. The standard InChI is InChI=1S/C17H25NO2/c1-13(2)18(11-6-12-19)17(20)16-10-5-8-14-7-3-4-9-15(14)16/h3-4,7,9,13,16,19H,5-6,8,10-12H2,1-2H3. The Balaban J connectivity index is 2.20. The molecule has 110 valence electrons. The fourth-order valence-corrected chi connectivity index (χ4v) is 3.07. The van der Waals surface area contributed by atoms with Crippen LogP contribution in [-0.4, -0.2) is 35.1 Å². The number of nitrogens with zero attached hydrogens (tertiary/aromatic N) is 1. The molecule has 0 spiro atoms. The van der Waals surface area contributed by atoms with E-state index >= 15 is 0 Å². The van der Waals surface area contributed by atoms with Crippen molar-refractivity contribution in [2.75, 3.05) is 13.2 Å². The maximum Gasteiger partial charge on any atom is 0.230 e. The Bertz CT molecular complexity index is 456. The van der Waals surface area contributed by atoms with E-state index in [-0.39, 0.29) is 24.5 Å². The largest absolute Gasteiger partial charge is 0.396 e. The predicted molar refractivity (Wildman–Crippen MR) is 80.7 cm³/mol. The van der Waals surface area contributed by atoms with E-state index in [2.05, 4.69) is 18.2 Å². The summed E-state index contributed by atoms with van der Waals surface area (Å²) < 4.78 is 0. The van der Waals surface area contributed by atoms with Crippen molar-refractivity contribution in [2.45, 2.75) is 51.5 Å². The number of carbonyl (C=O) groups excluding carboxylic acids is 1. The highest BCUT2D eigenvalue weighted by Gasteiger charge is 2.30. The molecule has 1 aromatic rings. The Kier molecular flexibility index (Phi) is 5.18. The second-order valence-corrected chi connectivity index (χ2v) is 5.85. The number of aliphatic hydroxyl groups excluding tert-OH is 1. The van der Waals surface area contributed by atoms with Gasteiger partial charge in [-0.25, -0.2) is 0 Å². The highest BCUT2D eigenvalue weighted by molar-refractivity contribution is 5.84. The predicted octanol–water partition coefficient (Wildman–Crippen LogP) is 2.73. The highest BCUT2D eigenvalue weighted by Crippen LogP contribution is 2.33. The lowest BCUT2D eigenvalue weighted by molar-refractivity contribution is -0.135. The van der Waals surface area contributed by atoms with Crippen molar-refractivity contribution in [1.82, 2.24) is 4.90 Å². The summed E-state index contributed by atoms with van der Waals surface area (Å²) in [5.74, 6) is 0.224. The fourth-order valence-electron chi connectivity index (χ4n) is 3.07. The molecule has 0 aromatic heterocycles. The van der Waals surface area contributed by atoms with Crippen LogP contribution >= 0.6 is 0 Å². The molecule has 1 aliphatic rings. The number of hydrogen-bond acceptors (Lipinski definition) is 2. The van der Waals surface area contributed by atoms with Crippen LogP contribution in [0.2, 0.25) is 0 Å². The fraction of sp³-hybridized carbons (Fsp3) is 0.588. The molecule has 0 aliphatic heterocycles. The minimum atomic E-state index is 0.000966. The number of benzene rings is 1. The van der Waals surface area contributed by atoms with Crippen LogP contribution in [0.25, 0.3) is 0 Å². The average Bonchev–Trinajstić information content (AvgIpc) is 2.46. The molecule has 1 aromatic carbocycles. The van der Waals surface area contributed by atoms with Gasteiger partial charge >= 0.3 is 0 Å². The first-order valence-corrected chi connectivity index (χ1v) is 7.64. The monoisotopic (exact) mass is 275 g/mol. The molecule has 0 radical (unpaired) electrons. The first-order valence-electron chi connectivity index (χ1n) is 7.64. The molecule has 0 saturated carbocycles. The first-order chi connectivity index (χ1) is 9.65. The highest BCUT2D eigenvalue weighted by atomic mass is 16.3. The van der Waals surface area contributed by atoms with Gasteiger partial charge in [-0.1, -0.05) is 24.3 Å². The molecular formula is C17H25NO2. The Morgan fingerprint density at radius 2 is 2.15 bits per heavy atom. The average molecular weight is 275 g/mol. The van der Waals surface area contributed by atoms with Crippen molar-refractivity contribution in [2.24, 2.45) is 0 Å². The molecule has 20 heavy (non-hydrogen) atoms. The smallest absolute Gasteiger partial charge is 0.230 e. The maximum atomic E-state index is 12.9. The molecule has 0 saturated heterocycles. The number of carbonyl (C=O) groups is 1. The Morgan fingerprint density at radius 1 is 1.40 bits per heavy atom. The first kappa shape index (κ1) is 15.0. The number of fused-ring (bicyclic) bond motifs is 1. The van der Waals surface area contributed by atoms with E-state index in [1.54, 1.807) is 0 Å². The molecular weight excluding hydrogens is 250 g/mol. The van der Waals surface area contributed by atoms with Crippen molar-refractivity contribution in [3.63, 3.8) is 0 Å². The number of amides is 1. The zero-order valence-corrected chi connectivity index (χ0v) is 12.5. The zero-order valence-electron chi connectivity index (χ0n) is 12.5. The second kappa shape index (κ2) is 6.89. The van der Waals surface area contributed by atoms with E-state index in [4.69, 9.17) is 5.11 Å². The van der Waals surface area contributed by atoms with Gasteiger partial charge in [-0.05, 0) is 50.7 Å². The van der Waals surface area contributed by atoms with Crippen LogP contribution in [0.15, 0.2) is 24.3 Å². The molecule has 1 atom stereocenters. The summed E-state index contributed by atoms with van der Waals surface area (Å²) in [6.07, 6.45) is 3.76. The summed E-state index contributed by atoms with van der Waals surface area (Å²) in [5.41, 5.74) is 2.53. The van der Waals surface area contributed by atoms with Gasteiger partial charge in [-0.2, -0.15) is 0 Å². The van der Waals surface area contributed by atoms with Crippen LogP contribution in [0.5, 0.6) is 0 Å². The van der Waals surface area contributed by atoms with Gasteiger partial charge in [-0.15, -0.1) is 0 Å². The molecule has 0 fully saturated rings. The number of rotatable bonds is 5. The summed E-state index contributed by atoms with van der Waals surface area (Å²) >= 11 is 0. The quantitative estimate of drug-likeness (QED) is 0.897. The summed E-state index contributed by atoms with van der Waals surface area (Å²) in [6, 6.07) is 8.50. The van der Waals surface area contributed by atoms with E-state index in [1.165, 1.54) is 11.1 Å². The van der Waals surface area contributed by atoms with E-state index < -0.39 is 0 Å². The van der Waals surface area contributed by atoms with Gasteiger partial charge < -0.3 is 10.0 Å². The third kappa shape index (κ3) is 3.21. The van der Waals surface area contributed by atoms with Crippen LogP contribution in [0.4, 0.5) is 0 Å². The molecule has 1 unspecified atom stereocenters. The molecule has 1 N–H and O–H groups in total. The number of aryl methyl sites for hydroxylation is 1. The van der Waals surface area contributed by atoms with Gasteiger partial charge in [0.25, 0.3) is 0 Å². The molecule has 1 amide bonds. The number of aliphatic hydroxyl groups is 1. The topological polar surface area (TPSA) is 40.5 Å². The Labute approximate surface area is 121 Å². The van der Waals surface area contributed by atoms with Crippen LogP contribution < -0.4 is 0 Å². The van der Waals surface area contributed by atoms with Crippen LogP contribution in [-0.2, 0) is 11.2 Å². The van der Waals surface area contributed by atoms with Gasteiger partial charge in [0, 0.05) is 19.2 Å². The summed E-state index contributed by atoms with van der Waals surface area (Å²) in [4.78, 5) is 14.8. The van der Waals surface area contributed by atoms with Gasteiger partial charge in [-0.3, -0.25) is 4.79 Å². The minimum Gasteiger partial charge on any atom is -0.396 e. The molecule has 0 heterocycles. The van der Waals surface area contributed by atoms with Crippen LogP contribution in [0, 0.1) is 0 Å². The molecule has 0 bridgehead atoms. The Morgan fingerprint density at radius 3 is 2.85 bits per heavy atom. The Hall–Kier alpha value is -1.35. The third-order valence-corrected chi connectivity index (χ3v) is 4.13. The van der Waals surface area contributed by atoms with E-state index in [0.29, 0.717) is 13.0 Å². The van der Waals surface area contributed by atoms with Crippen LogP contribution in [0.3, 0.4) is 0 Å². The van der Waals surface area contributed by atoms with Gasteiger partial charge in [0.2, 0.25) is 5.91 Å². The summed E-state index contributed by atoms with van der Waals surface area (Å²) in [7, 11) is 0. The molecule has 1 aliphatic carbocycles. The van der Waals surface area contributed by atoms with Crippen molar-refractivity contribution < 1.29 is 9.90 Å². The minimum absolute atomic E-state index is 0.000966. The maximum absolute atomic E-state index is 12.9. The van der Waals surface area contributed by atoms with Crippen LogP contribution in [0.1, 0.15) is 50.2 Å². The van der Waals surface area contributed by atoms with Gasteiger partial charge in [0.1, 0.15) is 0 Å². The van der Waals surface area contributed by atoms with E-state index in [9.17, 15) is 4.79 Å². The van der Waals surface area contributed by atoms with Crippen molar-refractivity contribution >= 4 is 5.91 Å². The van der Waals surface area contributed by atoms with Gasteiger partial charge in [0.15, 0.2) is 0 Å². The van der Waals surface area contributed by atoms with Crippen molar-refractivity contribution in [1.29, 1.82) is 0 Å². The molecule has 3 heteroatoms. The summed E-state index contributed by atoms with van der Waals surface area (Å²) in [5, 5.41) is 9.01. The van der Waals surface area contributed by atoms with Gasteiger partial charge in [0.05, 0.1) is 5.92 Å². The third-order valence-electron chi connectivity index (χ3n) is 4.13. The zero-order chi connectivity index (χ0) is 14.5. The lowest BCUT2D eigenvalue weighted by atomic mass is 9.82. The molecule has 2 rings (SSSR count). The van der Waals surface area contributed by atoms with E-state index in [0.717, 1.165) is 19.3 Å². The lowest BCUT2D eigenvalue weighted by Gasteiger charge is -2.33. The van der Waals surface area contributed by atoms with Crippen molar-refractivity contribution in [3.8, 4) is 0 Å². The lowest BCUT2D eigenvalue weighted by Crippen LogP contribution is -2.41. The number of hydrogen-bond donors (Lipinski definition) is 1.